The van der Waals surface area contributed by atoms with E-state index in [0.717, 1.165) is 5.56 Å². The van der Waals surface area contributed by atoms with Crippen LogP contribution in [-0.4, -0.2) is 23.4 Å². The average molecular weight is 268 g/mol. The fourth-order valence-electron chi connectivity index (χ4n) is 1.24. The summed E-state index contributed by atoms with van der Waals surface area (Å²) in [5.74, 6) is -0.245. The summed E-state index contributed by atoms with van der Waals surface area (Å²) in [5, 5.41) is 2.32. The van der Waals surface area contributed by atoms with Gasteiger partial charge in [0.25, 0.3) is 0 Å². The standard InChI is InChI=1S/C13H20N2O2S/c1-13(2,14)12(16)15-11(18)9-17-8-10-6-4-3-5-7-10/h3-7,11,18H,8-9,14H2,1-2H3,(H,15,16)/t11-/m0/s1. The third kappa shape index (κ3) is 5.53. The Kier molecular flexibility index (Phi) is 5.65. The predicted molar refractivity (Wildman–Crippen MR) is 75.3 cm³/mol. The fourth-order valence-corrected chi connectivity index (χ4v) is 1.46. The Balaban J connectivity index is 2.26. The number of thiol groups is 1. The van der Waals surface area contributed by atoms with Crippen LogP contribution in [0.15, 0.2) is 30.3 Å². The van der Waals surface area contributed by atoms with Gasteiger partial charge in [0.15, 0.2) is 0 Å². The molecule has 0 saturated heterocycles. The first-order valence-corrected chi connectivity index (χ1v) is 6.31. The third-order valence-corrected chi connectivity index (χ3v) is 2.55. The third-order valence-electron chi connectivity index (χ3n) is 2.27. The van der Waals surface area contributed by atoms with Crippen molar-refractivity contribution < 1.29 is 9.53 Å². The van der Waals surface area contributed by atoms with Crippen molar-refractivity contribution in [3.8, 4) is 0 Å². The van der Waals surface area contributed by atoms with E-state index in [1.54, 1.807) is 13.8 Å². The molecule has 3 N–H and O–H groups in total. The highest BCUT2D eigenvalue weighted by Crippen LogP contribution is 2.03. The van der Waals surface area contributed by atoms with Crippen LogP contribution in [0, 0.1) is 0 Å². The molecule has 1 amide bonds. The van der Waals surface area contributed by atoms with Crippen LogP contribution in [0.1, 0.15) is 19.4 Å². The van der Waals surface area contributed by atoms with Crippen LogP contribution < -0.4 is 11.1 Å². The fraction of sp³-hybridized carbons (Fsp3) is 0.462. The number of benzene rings is 1. The maximum Gasteiger partial charge on any atom is 0.240 e. The molecule has 0 heterocycles. The molecule has 0 radical (unpaired) electrons. The zero-order chi connectivity index (χ0) is 13.6. The minimum Gasteiger partial charge on any atom is -0.374 e. The number of rotatable bonds is 6. The molecule has 5 heteroatoms. The van der Waals surface area contributed by atoms with Gasteiger partial charge in [-0.25, -0.2) is 0 Å². The van der Waals surface area contributed by atoms with Gasteiger partial charge in [-0.2, -0.15) is 12.6 Å². The monoisotopic (exact) mass is 268 g/mol. The van der Waals surface area contributed by atoms with Crippen molar-refractivity contribution in [3.63, 3.8) is 0 Å². The second-order valence-corrected chi connectivity index (χ2v) is 5.34. The maximum atomic E-state index is 11.6. The molecule has 0 unspecified atom stereocenters. The number of nitrogens with one attached hydrogen (secondary N) is 1. The van der Waals surface area contributed by atoms with Gasteiger partial charge < -0.3 is 15.8 Å². The number of hydrogen-bond acceptors (Lipinski definition) is 4. The van der Waals surface area contributed by atoms with Crippen LogP contribution in [0.3, 0.4) is 0 Å². The van der Waals surface area contributed by atoms with Gasteiger partial charge in [-0.3, -0.25) is 4.79 Å². The maximum absolute atomic E-state index is 11.6. The second-order valence-electron chi connectivity index (χ2n) is 4.71. The molecular weight excluding hydrogens is 248 g/mol. The SMILES string of the molecule is CC(C)(N)C(=O)N[C@@H](S)COCc1ccccc1. The molecule has 0 spiro atoms. The summed E-state index contributed by atoms with van der Waals surface area (Å²) in [6.45, 7) is 4.13. The van der Waals surface area contributed by atoms with Crippen molar-refractivity contribution in [2.45, 2.75) is 31.4 Å². The minimum absolute atomic E-state index is 0.245. The summed E-state index contributed by atoms with van der Waals surface area (Å²) in [6.07, 6.45) is 0. The lowest BCUT2D eigenvalue weighted by molar-refractivity contribution is -0.125. The van der Waals surface area contributed by atoms with Crippen LogP contribution >= 0.6 is 12.6 Å². The average Bonchev–Trinajstić information content (AvgIpc) is 2.29. The summed E-state index contributed by atoms with van der Waals surface area (Å²) in [6, 6.07) is 9.82. The van der Waals surface area contributed by atoms with Crippen molar-refractivity contribution in [2.75, 3.05) is 6.61 Å². The molecule has 0 aliphatic heterocycles. The molecule has 0 bridgehead atoms. The molecule has 18 heavy (non-hydrogen) atoms. The Bertz CT molecular complexity index is 376. The lowest BCUT2D eigenvalue weighted by Gasteiger charge is -2.21. The molecule has 1 aromatic rings. The summed E-state index contributed by atoms with van der Waals surface area (Å²) in [5.41, 5.74) is 5.84. The van der Waals surface area contributed by atoms with Gasteiger partial charge >= 0.3 is 0 Å². The summed E-state index contributed by atoms with van der Waals surface area (Å²) in [4.78, 5) is 11.6. The topological polar surface area (TPSA) is 64.4 Å². The molecule has 1 aromatic carbocycles. The summed E-state index contributed by atoms with van der Waals surface area (Å²) >= 11 is 4.24. The lowest BCUT2D eigenvalue weighted by atomic mass is 10.1. The van der Waals surface area contributed by atoms with E-state index in [2.05, 4.69) is 17.9 Å². The van der Waals surface area contributed by atoms with Crippen molar-refractivity contribution in [3.05, 3.63) is 35.9 Å². The molecule has 0 aliphatic carbocycles. The quantitative estimate of drug-likeness (QED) is 0.538. The lowest BCUT2D eigenvalue weighted by Crippen LogP contribution is -2.51. The first kappa shape index (κ1) is 15.0. The van der Waals surface area contributed by atoms with Crippen molar-refractivity contribution in [1.82, 2.24) is 5.32 Å². The van der Waals surface area contributed by atoms with E-state index in [0.29, 0.717) is 13.2 Å². The highest BCUT2D eigenvalue weighted by atomic mass is 32.1. The van der Waals surface area contributed by atoms with Gasteiger partial charge in [0, 0.05) is 0 Å². The molecule has 0 aliphatic rings. The number of ether oxygens (including phenoxy) is 1. The molecule has 100 valence electrons. The van der Waals surface area contributed by atoms with E-state index in [4.69, 9.17) is 10.5 Å². The van der Waals surface area contributed by atoms with Crippen LogP contribution in [0.2, 0.25) is 0 Å². The molecule has 0 fully saturated rings. The van der Waals surface area contributed by atoms with E-state index < -0.39 is 5.54 Å². The molecule has 1 atom stereocenters. The van der Waals surface area contributed by atoms with Gasteiger partial charge in [-0.05, 0) is 19.4 Å². The van der Waals surface area contributed by atoms with Crippen LogP contribution in [0.5, 0.6) is 0 Å². The molecule has 0 aromatic heterocycles. The first-order chi connectivity index (χ1) is 8.39. The Morgan fingerprint density at radius 2 is 2.06 bits per heavy atom. The Morgan fingerprint density at radius 1 is 1.44 bits per heavy atom. The predicted octanol–water partition coefficient (Wildman–Crippen LogP) is 1.31. The summed E-state index contributed by atoms with van der Waals surface area (Å²) < 4.78 is 5.46. The smallest absolute Gasteiger partial charge is 0.240 e. The molecular formula is C13H20N2O2S. The first-order valence-electron chi connectivity index (χ1n) is 5.79. The van der Waals surface area contributed by atoms with Gasteiger partial charge in [0.1, 0.15) is 0 Å². The molecule has 0 saturated carbocycles. The molecule has 4 nitrogen and oxygen atoms in total. The van der Waals surface area contributed by atoms with Gasteiger partial charge in [-0.15, -0.1) is 0 Å². The van der Waals surface area contributed by atoms with E-state index in [1.165, 1.54) is 0 Å². The number of carbonyl (C=O) groups is 1. The van der Waals surface area contributed by atoms with Gasteiger partial charge in [0.05, 0.1) is 24.1 Å². The summed E-state index contributed by atoms with van der Waals surface area (Å²) in [7, 11) is 0. The number of hydrogen-bond donors (Lipinski definition) is 3. The Labute approximate surface area is 113 Å². The van der Waals surface area contributed by atoms with Gasteiger partial charge in [0.2, 0.25) is 5.91 Å². The van der Waals surface area contributed by atoms with Crippen molar-refractivity contribution in [1.29, 1.82) is 0 Å². The Hall–Kier alpha value is -1.04. The van der Waals surface area contributed by atoms with E-state index in [-0.39, 0.29) is 11.3 Å². The highest BCUT2D eigenvalue weighted by Gasteiger charge is 2.23. The molecule has 1 rings (SSSR count). The van der Waals surface area contributed by atoms with Crippen LogP contribution in [0.4, 0.5) is 0 Å². The largest absolute Gasteiger partial charge is 0.374 e. The normalized spacial score (nSPS) is 13.1. The Morgan fingerprint density at radius 3 is 2.61 bits per heavy atom. The van der Waals surface area contributed by atoms with Gasteiger partial charge in [-0.1, -0.05) is 30.3 Å². The number of amides is 1. The van der Waals surface area contributed by atoms with Crippen LogP contribution in [-0.2, 0) is 16.1 Å². The van der Waals surface area contributed by atoms with E-state index in [9.17, 15) is 4.79 Å². The minimum atomic E-state index is -0.902. The zero-order valence-corrected chi connectivity index (χ0v) is 11.6. The van der Waals surface area contributed by atoms with E-state index >= 15 is 0 Å². The number of nitrogens with two attached hydrogens (primary N) is 1. The highest BCUT2D eigenvalue weighted by molar-refractivity contribution is 7.80. The van der Waals surface area contributed by atoms with Crippen molar-refractivity contribution in [2.24, 2.45) is 5.73 Å². The van der Waals surface area contributed by atoms with E-state index in [1.807, 2.05) is 30.3 Å². The number of carbonyl (C=O) groups excluding carboxylic acids is 1. The van der Waals surface area contributed by atoms with Crippen molar-refractivity contribution >= 4 is 18.5 Å². The van der Waals surface area contributed by atoms with Crippen LogP contribution in [0.25, 0.3) is 0 Å². The second kappa shape index (κ2) is 6.78. The zero-order valence-electron chi connectivity index (χ0n) is 10.7.